The topological polar surface area (TPSA) is 55.8 Å². The van der Waals surface area contributed by atoms with Crippen LogP contribution in [0, 0.1) is 0 Å². The molecule has 0 radical (unpaired) electrons. The maximum absolute atomic E-state index is 10.4. The number of aryl methyl sites for hydroxylation is 1. The fourth-order valence-electron chi connectivity index (χ4n) is 1.78. The van der Waals surface area contributed by atoms with E-state index >= 15 is 0 Å². The van der Waals surface area contributed by atoms with Gasteiger partial charge in [-0.25, -0.2) is 0 Å². The van der Waals surface area contributed by atoms with Crippen molar-refractivity contribution in [1.29, 1.82) is 0 Å². The number of aliphatic carboxylic acids is 1. The van der Waals surface area contributed by atoms with Crippen molar-refractivity contribution >= 4 is 17.6 Å². The average Bonchev–Trinajstić information content (AvgIpc) is 2.33. The van der Waals surface area contributed by atoms with Crippen LogP contribution < -0.4 is 9.47 Å². The van der Waals surface area contributed by atoms with Crippen LogP contribution in [0.25, 0.3) is 0 Å². The molecule has 0 bridgehead atoms. The van der Waals surface area contributed by atoms with Gasteiger partial charge in [0.25, 0.3) is 0 Å². The molecule has 0 saturated heterocycles. The van der Waals surface area contributed by atoms with Gasteiger partial charge >= 0.3 is 5.97 Å². The van der Waals surface area contributed by atoms with E-state index in [0.29, 0.717) is 29.4 Å². The maximum Gasteiger partial charge on any atom is 0.303 e. The lowest BCUT2D eigenvalue weighted by atomic mass is 10.1. The van der Waals surface area contributed by atoms with Gasteiger partial charge in [-0.15, -0.1) is 0 Å². The second-order valence-electron chi connectivity index (χ2n) is 3.90. The van der Waals surface area contributed by atoms with Gasteiger partial charge in [-0.2, -0.15) is 0 Å². The Bertz CT molecular complexity index is 418. The highest BCUT2D eigenvalue weighted by atomic mass is 35.5. The number of unbranched alkanes of at least 4 members (excludes halogenated alkanes) is 1. The van der Waals surface area contributed by atoms with Gasteiger partial charge in [0.1, 0.15) is 0 Å². The molecule has 18 heavy (non-hydrogen) atoms. The largest absolute Gasteiger partial charge is 0.493 e. The first-order chi connectivity index (χ1) is 8.58. The van der Waals surface area contributed by atoms with E-state index in [-0.39, 0.29) is 6.42 Å². The zero-order valence-electron chi connectivity index (χ0n) is 10.5. The van der Waals surface area contributed by atoms with E-state index in [1.165, 1.54) is 0 Å². The van der Waals surface area contributed by atoms with Gasteiger partial charge in [0.05, 0.1) is 14.2 Å². The molecule has 0 atom stereocenters. The first-order valence-electron chi connectivity index (χ1n) is 5.70. The number of rotatable bonds is 7. The number of carbonyl (C=O) groups is 1. The Labute approximate surface area is 111 Å². The third kappa shape index (κ3) is 4.11. The molecule has 4 nitrogen and oxygen atoms in total. The number of carboxylic acids is 1. The van der Waals surface area contributed by atoms with E-state index in [1.54, 1.807) is 20.3 Å². The van der Waals surface area contributed by atoms with Gasteiger partial charge in [0, 0.05) is 17.5 Å². The highest BCUT2D eigenvalue weighted by Gasteiger charge is 2.11. The van der Waals surface area contributed by atoms with Crippen molar-refractivity contribution in [3.05, 3.63) is 22.7 Å². The summed E-state index contributed by atoms with van der Waals surface area (Å²) in [4.78, 5) is 10.4. The average molecular weight is 273 g/mol. The fraction of sp³-hybridized carbons (Fsp3) is 0.462. The van der Waals surface area contributed by atoms with Gasteiger partial charge in [0.15, 0.2) is 11.5 Å². The number of hydrogen-bond acceptors (Lipinski definition) is 3. The molecule has 0 aromatic heterocycles. The molecule has 0 fully saturated rings. The summed E-state index contributed by atoms with van der Waals surface area (Å²) >= 11 is 5.99. The van der Waals surface area contributed by atoms with Crippen LogP contribution in [0.1, 0.15) is 24.8 Å². The molecule has 0 saturated carbocycles. The predicted octanol–water partition coefficient (Wildman–Crippen LogP) is 3.15. The van der Waals surface area contributed by atoms with E-state index in [9.17, 15) is 4.79 Å². The molecule has 1 N–H and O–H groups in total. The standard InChI is InChI=1S/C13H17ClO4/c1-17-11-8-10(14)7-9(13(11)18-2)5-3-4-6-12(15)16/h7-8H,3-6H2,1-2H3,(H,15,16). The summed E-state index contributed by atoms with van der Waals surface area (Å²) in [6, 6.07) is 3.52. The molecular weight excluding hydrogens is 256 g/mol. The maximum atomic E-state index is 10.4. The van der Waals surface area contributed by atoms with Gasteiger partial charge < -0.3 is 14.6 Å². The summed E-state index contributed by atoms with van der Waals surface area (Å²) in [5.41, 5.74) is 0.937. The van der Waals surface area contributed by atoms with Crippen molar-refractivity contribution < 1.29 is 19.4 Å². The monoisotopic (exact) mass is 272 g/mol. The van der Waals surface area contributed by atoms with Crippen LogP contribution in [0.3, 0.4) is 0 Å². The van der Waals surface area contributed by atoms with Crippen molar-refractivity contribution in [1.82, 2.24) is 0 Å². The van der Waals surface area contributed by atoms with Crippen molar-refractivity contribution in [2.45, 2.75) is 25.7 Å². The molecule has 0 aliphatic heterocycles. The third-order valence-electron chi connectivity index (χ3n) is 2.61. The van der Waals surface area contributed by atoms with E-state index in [4.69, 9.17) is 26.2 Å². The molecule has 0 amide bonds. The Morgan fingerprint density at radius 1 is 1.28 bits per heavy atom. The van der Waals surface area contributed by atoms with Crippen LogP contribution in [0.4, 0.5) is 0 Å². The third-order valence-corrected chi connectivity index (χ3v) is 2.83. The normalized spacial score (nSPS) is 10.2. The first-order valence-corrected chi connectivity index (χ1v) is 6.08. The summed E-state index contributed by atoms with van der Waals surface area (Å²) in [7, 11) is 3.13. The summed E-state index contributed by atoms with van der Waals surface area (Å²) in [6.45, 7) is 0. The molecule has 1 aromatic carbocycles. The molecular formula is C13H17ClO4. The van der Waals surface area contributed by atoms with Gasteiger partial charge in [-0.1, -0.05) is 11.6 Å². The Hall–Kier alpha value is -1.42. The summed E-state index contributed by atoms with van der Waals surface area (Å²) in [5.74, 6) is 0.487. The molecule has 0 heterocycles. The van der Waals surface area contributed by atoms with Crippen molar-refractivity contribution in [3.8, 4) is 11.5 Å². The SMILES string of the molecule is COc1cc(Cl)cc(CCCCC(=O)O)c1OC. The summed E-state index contributed by atoms with van der Waals surface area (Å²) < 4.78 is 10.5. The minimum absolute atomic E-state index is 0.181. The Morgan fingerprint density at radius 2 is 2.00 bits per heavy atom. The van der Waals surface area contributed by atoms with Crippen LogP contribution >= 0.6 is 11.6 Å². The van der Waals surface area contributed by atoms with E-state index in [1.807, 2.05) is 6.07 Å². The second-order valence-corrected chi connectivity index (χ2v) is 4.34. The smallest absolute Gasteiger partial charge is 0.303 e. The fourth-order valence-corrected chi connectivity index (χ4v) is 2.01. The highest BCUT2D eigenvalue weighted by Crippen LogP contribution is 2.35. The van der Waals surface area contributed by atoms with Crippen LogP contribution in [-0.4, -0.2) is 25.3 Å². The number of methoxy groups -OCH3 is 2. The van der Waals surface area contributed by atoms with Crippen molar-refractivity contribution in [2.75, 3.05) is 14.2 Å². The zero-order chi connectivity index (χ0) is 13.5. The highest BCUT2D eigenvalue weighted by molar-refractivity contribution is 6.30. The molecule has 100 valence electrons. The lowest BCUT2D eigenvalue weighted by Gasteiger charge is -2.13. The van der Waals surface area contributed by atoms with Crippen molar-refractivity contribution in [2.24, 2.45) is 0 Å². The van der Waals surface area contributed by atoms with Crippen molar-refractivity contribution in [3.63, 3.8) is 0 Å². The lowest BCUT2D eigenvalue weighted by molar-refractivity contribution is -0.137. The van der Waals surface area contributed by atoms with Crippen LogP contribution in [-0.2, 0) is 11.2 Å². The number of benzene rings is 1. The minimum atomic E-state index is -0.773. The zero-order valence-corrected chi connectivity index (χ0v) is 11.3. The number of hydrogen-bond donors (Lipinski definition) is 1. The molecule has 0 aliphatic carbocycles. The van der Waals surface area contributed by atoms with Gasteiger partial charge in [0.2, 0.25) is 0 Å². The molecule has 5 heteroatoms. The predicted molar refractivity (Wildman–Crippen MR) is 69.7 cm³/mol. The Morgan fingerprint density at radius 3 is 2.56 bits per heavy atom. The number of ether oxygens (including phenoxy) is 2. The Balaban J connectivity index is 2.74. The second kappa shape index (κ2) is 7.11. The Kier molecular flexibility index (Phi) is 5.78. The molecule has 0 aliphatic rings. The number of halogens is 1. The van der Waals surface area contributed by atoms with Crippen LogP contribution in [0.2, 0.25) is 5.02 Å². The van der Waals surface area contributed by atoms with Gasteiger partial charge in [-0.05, 0) is 30.9 Å². The minimum Gasteiger partial charge on any atom is -0.493 e. The molecule has 1 aromatic rings. The van der Waals surface area contributed by atoms with Gasteiger partial charge in [-0.3, -0.25) is 4.79 Å². The summed E-state index contributed by atoms with van der Waals surface area (Å²) in [5, 5.41) is 9.16. The molecule has 1 rings (SSSR count). The first kappa shape index (κ1) is 14.6. The molecule has 0 spiro atoms. The van der Waals surface area contributed by atoms with Crippen LogP contribution in [0.5, 0.6) is 11.5 Å². The number of carboxylic acid groups (broad SMARTS) is 1. The van der Waals surface area contributed by atoms with E-state index in [2.05, 4.69) is 0 Å². The van der Waals surface area contributed by atoms with E-state index in [0.717, 1.165) is 12.0 Å². The lowest BCUT2D eigenvalue weighted by Crippen LogP contribution is -1.98. The van der Waals surface area contributed by atoms with E-state index < -0.39 is 5.97 Å². The quantitative estimate of drug-likeness (QED) is 0.775. The molecule has 0 unspecified atom stereocenters. The summed E-state index contributed by atoms with van der Waals surface area (Å²) in [6.07, 6.45) is 2.30. The van der Waals surface area contributed by atoms with Crippen LogP contribution in [0.15, 0.2) is 12.1 Å².